The van der Waals surface area contributed by atoms with Crippen molar-refractivity contribution in [2.75, 3.05) is 0 Å². The SMILES string of the molecule is CC(C)(C)C1CCn2cnnc2O1. The molecule has 1 aliphatic rings. The zero-order valence-electron chi connectivity index (χ0n) is 8.32. The maximum atomic E-state index is 5.73. The van der Waals surface area contributed by atoms with Crippen LogP contribution in [0.25, 0.3) is 0 Å². The van der Waals surface area contributed by atoms with Gasteiger partial charge in [0.1, 0.15) is 12.4 Å². The number of hydrogen-bond donors (Lipinski definition) is 0. The van der Waals surface area contributed by atoms with E-state index in [9.17, 15) is 0 Å². The summed E-state index contributed by atoms with van der Waals surface area (Å²) in [6, 6.07) is 0.658. The van der Waals surface area contributed by atoms with E-state index >= 15 is 0 Å². The van der Waals surface area contributed by atoms with E-state index in [1.807, 2.05) is 4.57 Å². The fourth-order valence-corrected chi connectivity index (χ4v) is 1.54. The summed E-state index contributed by atoms with van der Waals surface area (Å²) in [4.78, 5) is 0. The Morgan fingerprint density at radius 2 is 2.31 bits per heavy atom. The van der Waals surface area contributed by atoms with Gasteiger partial charge >= 0.3 is 6.01 Å². The van der Waals surface area contributed by atoms with Crippen LogP contribution >= 0.6 is 0 Å². The quantitative estimate of drug-likeness (QED) is 0.608. The highest BCUT2D eigenvalue weighted by molar-refractivity contribution is 4.98. The molecule has 0 fully saturated rings. The molecule has 0 radical (unpaired) electrons. The first-order chi connectivity index (χ1) is 6.07. The Morgan fingerprint density at radius 3 is 3.00 bits per heavy atom. The molecule has 72 valence electrons. The monoisotopic (exact) mass is 181 g/mol. The van der Waals surface area contributed by atoms with Crippen molar-refractivity contribution in [2.24, 2.45) is 5.41 Å². The maximum Gasteiger partial charge on any atom is 0.317 e. The third-order valence-electron chi connectivity index (χ3n) is 2.43. The van der Waals surface area contributed by atoms with Crippen LogP contribution in [0.2, 0.25) is 0 Å². The number of nitrogens with zero attached hydrogens (tertiary/aromatic N) is 3. The van der Waals surface area contributed by atoms with Gasteiger partial charge in [-0.15, -0.1) is 5.10 Å². The summed E-state index contributed by atoms with van der Waals surface area (Å²) in [5.74, 6) is 0. The third kappa shape index (κ3) is 1.53. The van der Waals surface area contributed by atoms with E-state index in [-0.39, 0.29) is 11.5 Å². The smallest absolute Gasteiger partial charge is 0.317 e. The number of hydrogen-bond acceptors (Lipinski definition) is 3. The minimum absolute atomic E-state index is 0.178. The summed E-state index contributed by atoms with van der Waals surface area (Å²) in [5, 5.41) is 7.72. The summed E-state index contributed by atoms with van der Waals surface area (Å²) in [6.45, 7) is 7.52. The molecule has 2 heterocycles. The molecule has 0 aliphatic carbocycles. The minimum atomic E-state index is 0.178. The van der Waals surface area contributed by atoms with Crippen LogP contribution in [0.3, 0.4) is 0 Å². The Balaban J connectivity index is 2.18. The van der Waals surface area contributed by atoms with E-state index in [2.05, 4.69) is 31.0 Å². The van der Waals surface area contributed by atoms with Crippen LogP contribution < -0.4 is 4.74 Å². The lowest BCUT2D eigenvalue weighted by molar-refractivity contribution is 0.0414. The molecule has 1 aromatic heterocycles. The molecule has 0 N–H and O–H groups in total. The molecular weight excluding hydrogens is 166 g/mol. The van der Waals surface area contributed by atoms with Crippen LogP contribution in [0.1, 0.15) is 27.2 Å². The van der Waals surface area contributed by atoms with Crippen molar-refractivity contribution in [3.63, 3.8) is 0 Å². The lowest BCUT2D eigenvalue weighted by atomic mass is 9.87. The predicted octanol–water partition coefficient (Wildman–Crippen LogP) is 1.48. The number of aryl methyl sites for hydroxylation is 1. The summed E-state index contributed by atoms with van der Waals surface area (Å²) >= 11 is 0. The number of ether oxygens (including phenoxy) is 1. The molecule has 13 heavy (non-hydrogen) atoms. The van der Waals surface area contributed by atoms with Gasteiger partial charge in [-0.25, -0.2) is 0 Å². The average molecular weight is 181 g/mol. The maximum absolute atomic E-state index is 5.73. The minimum Gasteiger partial charge on any atom is -0.460 e. The molecule has 0 bridgehead atoms. The van der Waals surface area contributed by atoms with Gasteiger partial charge in [0.2, 0.25) is 0 Å². The van der Waals surface area contributed by atoms with E-state index < -0.39 is 0 Å². The number of fused-ring (bicyclic) bond motifs is 1. The fourth-order valence-electron chi connectivity index (χ4n) is 1.54. The summed E-state index contributed by atoms with van der Waals surface area (Å²) in [7, 11) is 0. The Kier molecular flexibility index (Phi) is 1.78. The molecule has 1 aliphatic heterocycles. The molecule has 1 atom stereocenters. The molecule has 1 aromatic rings. The van der Waals surface area contributed by atoms with Crippen molar-refractivity contribution < 1.29 is 4.74 Å². The molecule has 0 amide bonds. The summed E-state index contributed by atoms with van der Waals surface area (Å²) < 4.78 is 7.67. The average Bonchev–Trinajstić information content (AvgIpc) is 2.47. The third-order valence-corrected chi connectivity index (χ3v) is 2.43. The van der Waals surface area contributed by atoms with Crippen molar-refractivity contribution in [3.05, 3.63) is 6.33 Å². The molecule has 0 spiro atoms. The van der Waals surface area contributed by atoms with Crippen molar-refractivity contribution in [2.45, 2.75) is 39.8 Å². The number of rotatable bonds is 0. The second-order valence-corrected chi connectivity index (χ2v) is 4.57. The van der Waals surface area contributed by atoms with Gasteiger partial charge in [-0.3, -0.25) is 4.57 Å². The standard InChI is InChI=1S/C9H15N3O/c1-9(2,3)7-4-5-12-6-10-11-8(12)13-7/h6-7H,4-5H2,1-3H3. The first kappa shape index (κ1) is 8.53. The molecule has 0 saturated carbocycles. The lowest BCUT2D eigenvalue weighted by Crippen LogP contribution is -2.36. The molecule has 0 saturated heterocycles. The van der Waals surface area contributed by atoms with Crippen LogP contribution in [0, 0.1) is 5.41 Å². The summed E-state index contributed by atoms with van der Waals surface area (Å²) in [6.07, 6.45) is 3.01. The van der Waals surface area contributed by atoms with Gasteiger partial charge in [0.05, 0.1) is 0 Å². The molecule has 0 aromatic carbocycles. The highest BCUT2D eigenvalue weighted by Crippen LogP contribution is 2.29. The van der Waals surface area contributed by atoms with Crippen LogP contribution in [0.5, 0.6) is 6.01 Å². The van der Waals surface area contributed by atoms with Gasteiger partial charge in [0.25, 0.3) is 0 Å². The largest absolute Gasteiger partial charge is 0.460 e. The van der Waals surface area contributed by atoms with Crippen molar-refractivity contribution >= 4 is 0 Å². The zero-order chi connectivity index (χ0) is 9.47. The van der Waals surface area contributed by atoms with Crippen LogP contribution in [-0.2, 0) is 6.54 Å². The molecule has 4 nitrogen and oxygen atoms in total. The topological polar surface area (TPSA) is 39.9 Å². The van der Waals surface area contributed by atoms with Crippen molar-refractivity contribution in [1.82, 2.24) is 14.8 Å². The van der Waals surface area contributed by atoms with Crippen LogP contribution in [0.15, 0.2) is 6.33 Å². The molecular formula is C9H15N3O. The Bertz CT molecular complexity index is 300. The zero-order valence-corrected chi connectivity index (χ0v) is 8.32. The van der Waals surface area contributed by atoms with Crippen LogP contribution in [0.4, 0.5) is 0 Å². The van der Waals surface area contributed by atoms with E-state index in [0.717, 1.165) is 13.0 Å². The van der Waals surface area contributed by atoms with Gasteiger partial charge < -0.3 is 4.74 Å². The molecule has 4 heteroatoms. The van der Waals surface area contributed by atoms with Gasteiger partial charge in [-0.2, -0.15) is 0 Å². The Labute approximate surface area is 77.9 Å². The van der Waals surface area contributed by atoms with E-state index in [1.165, 1.54) is 0 Å². The normalized spacial score (nSPS) is 22.2. The second-order valence-electron chi connectivity index (χ2n) is 4.57. The van der Waals surface area contributed by atoms with Crippen molar-refractivity contribution in [1.29, 1.82) is 0 Å². The second kappa shape index (κ2) is 2.72. The van der Waals surface area contributed by atoms with Gasteiger partial charge in [0, 0.05) is 13.0 Å². The molecule has 1 unspecified atom stereocenters. The van der Waals surface area contributed by atoms with Gasteiger partial charge in [0.15, 0.2) is 0 Å². The Hall–Kier alpha value is -1.06. The van der Waals surface area contributed by atoms with Crippen molar-refractivity contribution in [3.8, 4) is 6.01 Å². The molecule has 2 rings (SSSR count). The highest BCUT2D eigenvalue weighted by Gasteiger charge is 2.30. The van der Waals surface area contributed by atoms with Gasteiger partial charge in [-0.1, -0.05) is 25.9 Å². The number of aromatic nitrogens is 3. The first-order valence-corrected chi connectivity index (χ1v) is 4.62. The van der Waals surface area contributed by atoms with Crippen LogP contribution in [-0.4, -0.2) is 20.9 Å². The first-order valence-electron chi connectivity index (χ1n) is 4.62. The van der Waals surface area contributed by atoms with E-state index in [4.69, 9.17) is 4.74 Å². The highest BCUT2D eigenvalue weighted by atomic mass is 16.5. The predicted molar refractivity (Wildman–Crippen MR) is 48.5 cm³/mol. The van der Waals surface area contributed by atoms with E-state index in [1.54, 1.807) is 6.33 Å². The lowest BCUT2D eigenvalue weighted by Gasteiger charge is -2.33. The van der Waals surface area contributed by atoms with E-state index in [0.29, 0.717) is 6.01 Å². The van der Waals surface area contributed by atoms with Gasteiger partial charge in [-0.05, 0) is 5.41 Å². The fraction of sp³-hybridized carbons (Fsp3) is 0.778. The Morgan fingerprint density at radius 1 is 1.54 bits per heavy atom. The summed E-state index contributed by atoms with van der Waals surface area (Å²) in [5.41, 5.74) is 0.178.